The van der Waals surface area contributed by atoms with Crippen LogP contribution in [-0.4, -0.2) is 56.5 Å². The molecule has 2 aliphatic heterocycles. The quantitative estimate of drug-likeness (QED) is 0.740. The van der Waals surface area contributed by atoms with Crippen molar-refractivity contribution in [2.24, 2.45) is 0 Å². The van der Waals surface area contributed by atoms with Gasteiger partial charge in [0.25, 0.3) is 0 Å². The van der Waals surface area contributed by atoms with E-state index in [1.54, 1.807) is 23.1 Å². The van der Waals surface area contributed by atoms with Crippen molar-refractivity contribution in [2.45, 2.75) is 25.6 Å². The van der Waals surface area contributed by atoms with Crippen molar-refractivity contribution in [3.8, 4) is 5.75 Å². The maximum atomic E-state index is 13.1. The molecule has 2 heterocycles. The summed E-state index contributed by atoms with van der Waals surface area (Å²) in [6.07, 6.45) is 0. The fourth-order valence-corrected chi connectivity index (χ4v) is 6.51. The first-order chi connectivity index (χ1) is 13.8. The monoisotopic (exact) mass is 434 g/mol. The highest BCUT2D eigenvalue weighted by Crippen LogP contribution is 2.36. The van der Waals surface area contributed by atoms with Gasteiger partial charge < -0.3 is 9.64 Å². The van der Waals surface area contributed by atoms with Crippen LogP contribution in [0.25, 0.3) is 0 Å². The summed E-state index contributed by atoms with van der Waals surface area (Å²) in [4.78, 5) is 16.7. The lowest BCUT2D eigenvalue weighted by atomic mass is 10.0. The van der Waals surface area contributed by atoms with Crippen LogP contribution >= 0.6 is 11.6 Å². The number of aryl methyl sites for hydroxylation is 1. The molecule has 0 unspecified atom stereocenters. The summed E-state index contributed by atoms with van der Waals surface area (Å²) in [5.74, 6) is 0.393. The Morgan fingerprint density at radius 1 is 1.14 bits per heavy atom. The Morgan fingerprint density at radius 3 is 2.55 bits per heavy atom. The zero-order valence-corrected chi connectivity index (χ0v) is 17.9. The van der Waals surface area contributed by atoms with Crippen molar-refractivity contribution in [3.63, 3.8) is 0 Å². The van der Waals surface area contributed by atoms with Crippen LogP contribution in [0.3, 0.4) is 0 Å². The minimum atomic E-state index is -3.24. The third-order valence-corrected chi connectivity index (χ3v) is 7.74. The molecule has 2 fully saturated rings. The fraction of sp³-hybridized carbons (Fsp3) is 0.381. The number of halogens is 1. The van der Waals surface area contributed by atoms with E-state index in [0.717, 1.165) is 11.1 Å². The molecule has 0 aromatic heterocycles. The van der Waals surface area contributed by atoms with Gasteiger partial charge in [-0.1, -0.05) is 35.9 Å². The molecule has 0 radical (unpaired) electrons. The summed E-state index contributed by atoms with van der Waals surface area (Å²) in [6, 6.07) is 12.4. The molecular weight excluding hydrogens is 412 g/mol. The smallest absolute Gasteiger partial charge is 0.241 e. The summed E-state index contributed by atoms with van der Waals surface area (Å²) in [5, 5.41) is 0.387. The number of amides is 1. The highest BCUT2D eigenvalue weighted by atomic mass is 35.5. The Kier molecular flexibility index (Phi) is 5.31. The first-order valence-electron chi connectivity index (χ1n) is 9.43. The normalized spacial score (nSPS) is 23.8. The molecule has 2 aromatic carbocycles. The molecule has 2 aliphatic rings. The number of methoxy groups -OCH3 is 1. The maximum absolute atomic E-state index is 13.1. The number of sulfone groups is 1. The van der Waals surface area contributed by atoms with E-state index >= 15 is 0 Å². The second-order valence-corrected chi connectivity index (χ2v) is 10.2. The Bertz CT molecular complexity index is 1060. The van der Waals surface area contributed by atoms with E-state index in [2.05, 4.69) is 0 Å². The molecule has 6 nitrogen and oxygen atoms in total. The molecule has 2 aromatic rings. The van der Waals surface area contributed by atoms with Gasteiger partial charge in [-0.25, -0.2) is 8.42 Å². The lowest BCUT2D eigenvalue weighted by molar-refractivity contribution is -0.123. The van der Waals surface area contributed by atoms with Crippen LogP contribution in [0.4, 0.5) is 5.69 Å². The maximum Gasteiger partial charge on any atom is 0.241 e. The number of piperazine rings is 1. The average molecular weight is 435 g/mol. The number of anilines is 1. The number of rotatable bonds is 4. The number of hydrogen-bond donors (Lipinski definition) is 0. The largest absolute Gasteiger partial charge is 0.495 e. The second kappa shape index (κ2) is 7.63. The SMILES string of the molecule is COc1ccc(N2C(=O)CN(Cc3ccccc3C)[C@H]3CS(=O)(=O)C[C@H]32)cc1Cl. The Hall–Kier alpha value is -2.09. The van der Waals surface area contributed by atoms with E-state index in [4.69, 9.17) is 16.3 Å². The summed E-state index contributed by atoms with van der Waals surface area (Å²) in [5.41, 5.74) is 2.83. The molecular formula is C21H23ClN2O4S. The van der Waals surface area contributed by atoms with Gasteiger partial charge in [0.1, 0.15) is 5.75 Å². The average Bonchev–Trinajstić information content (AvgIpc) is 2.98. The van der Waals surface area contributed by atoms with Gasteiger partial charge in [-0.2, -0.15) is 0 Å². The number of carbonyl (C=O) groups excluding carboxylic acids is 1. The molecule has 2 atom stereocenters. The minimum absolute atomic E-state index is 0.0443. The van der Waals surface area contributed by atoms with E-state index in [-0.39, 0.29) is 30.0 Å². The van der Waals surface area contributed by atoms with Gasteiger partial charge in [0.15, 0.2) is 9.84 Å². The summed E-state index contributed by atoms with van der Waals surface area (Å²) in [6.45, 7) is 2.73. The van der Waals surface area contributed by atoms with Crippen LogP contribution in [0.5, 0.6) is 5.75 Å². The van der Waals surface area contributed by atoms with Crippen LogP contribution in [-0.2, 0) is 21.2 Å². The van der Waals surface area contributed by atoms with Gasteiger partial charge in [-0.05, 0) is 36.2 Å². The molecule has 154 valence electrons. The van der Waals surface area contributed by atoms with Gasteiger partial charge in [-0.15, -0.1) is 0 Å². The molecule has 0 N–H and O–H groups in total. The van der Waals surface area contributed by atoms with Crippen molar-refractivity contribution in [2.75, 3.05) is 30.1 Å². The first-order valence-corrected chi connectivity index (χ1v) is 11.6. The molecule has 0 aliphatic carbocycles. The van der Waals surface area contributed by atoms with Crippen molar-refractivity contribution >= 4 is 33.0 Å². The van der Waals surface area contributed by atoms with Crippen LogP contribution in [0.15, 0.2) is 42.5 Å². The van der Waals surface area contributed by atoms with Gasteiger partial charge in [0.2, 0.25) is 5.91 Å². The molecule has 0 spiro atoms. The Morgan fingerprint density at radius 2 is 1.86 bits per heavy atom. The summed E-state index contributed by atoms with van der Waals surface area (Å²) < 4.78 is 30.2. The zero-order valence-electron chi connectivity index (χ0n) is 16.3. The van der Waals surface area contributed by atoms with Crippen LogP contribution < -0.4 is 9.64 Å². The number of nitrogens with zero attached hydrogens (tertiary/aromatic N) is 2. The molecule has 8 heteroatoms. The van der Waals surface area contributed by atoms with E-state index in [9.17, 15) is 13.2 Å². The zero-order chi connectivity index (χ0) is 20.8. The third kappa shape index (κ3) is 3.86. The van der Waals surface area contributed by atoms with Crippen molar-refractivity contribution in [1.29, 1.82) is 0 Å². The number of carbonyl (C=O) groups is 1. The van der Waals surface area contributed by atoms with Crippen molar-refractivity contribution in [1.82, 2.24) is 4.90 Å². The Balaban J connectivity index is 1.68. The molecule has 2 saturated heterocycles. The Labute approximate surface area is 175 Å². The molecule has 29 heavy (non-hydrogen) atoms. The molecule has 0 saturated carbocycles. The molecule has 0 bridgehead atoms. The van der Waals surface area contributed by atoms with Crippen LogP contribution in [0.2, 0.25) is 5.02 Å². The van der Waals surface area contributed by atoms with Crippen molar-refractivity contribution < 1.29 is 17.9 Å². The number of hydrogen-bond acceptors (Lipinski definition) is 5. The van der Waals surface area contributed by atoms with Gasteiger partial charge in [-0.3, -0.25) is 9.69 Å². The second-order valence-electron chi connectivity index (χ2n) is 7.63. The highest BCUT2D eigenvalue weighted by molar-refractivity contribution is 7.91. The fourth-order valence-electron chi connectivity index (χ4n) is 4.28. The standard InChI is InChI=1S/C21H23ClN2O4S/c1-14-5-3-4-6-15(14)10-23-11-21(25)24(19-13-29(26,27)12-18(19)23)16-7-8-20(28-2)17(22)9-16/h3-9,18-19H,10-13H2,1-2H3/t18-,19+/m0/s1. The van der Waals surface area contributed by atoms with Gasteiger partial charge in [0.05, 0.1) is 36.2 Å². The third-order valence-electron chi connectivity index (χ3n) is 5.75. The van der Waals surface area contributed by atoms with Crippen LogP contribution in [0, 0.1) is 6.92 Å². The number of ether oxygens (including phenoxy) is 1. The lowest BCUT2D eigenvalue weighted by Gasteiger charge is -2.43. The predicted molar refractivity (Wildman–Crippen MR) is 113 cm³/mol. The summed E-state index contributed by atoms with van der Waals surface area (Å²) >= 11 is 6.26. The van der Waals surface area contributed by atoms with Gasteiger partial charge in [0, 0.05) is 18.3 Å². The highest BCUT2D eigenvalue weighted by Gasteiger charge is 2.49. The first kappa shape index (κ1) is 20.2. The minimum Gasteiger partial charge on any atom is -0.495 e. The predicted octanol–water partition coefficient (Wildman–Crippen LogP) is 2.67. The molecule has 1 amide bonds. The van der Waals surface area contributed by atoms with E-state index in [1.165, 1.54) is 7.11 Å². The topological polar surface area (TPSA) is 66.9 Å². The van der Waals surface area contributed by atoms with Crippen LogP contribution in [0.1, 0.15) is 11.1 Å². The van der Waals surface area contributed by atoms with E-state index in [1.807, 2.05) is 36.1 Å². The van der Waals surface area contributed by atoms with E-state index < -0.39 is 15.9 Å². The molecule has 4 rings (SSSR count). The van der Waals surface area contributed by atoms with Crippen molar-refractivity contribution in [3.05, 3.63) is 58.6 Å². The number of fused-ring (bicyclic) bond motifs is 1. The summed E-state index contributed by atoms with van der Waals surface area (Å²) in [7, 11) is -1.72. The van der Waals surface area contributed by atoms with Gasteiger partial charge >= 0.3 is 0 Å². The lowest BCUT2D eigenvalue weighted by Crippen LogP contribution is -2.61. The number of benzene rings is 2. The van der Waals surface area contributed by atoms with E-state index in [0.29, 0.717) is 23.0 Å².